The predicted molar refractivity (Wildman–Crippen MR) is 106 cm³/mol. The average Bonchev–Trinajstić information content (AvgIpc) is 3.20. The second kappa shape index (κ2) is 8.00. The molecule has 4 aromatic rings. The first-order valence-corrected chi connectivity index (χ1v) is 9.23. The third-order valence-electron chi connectivity index (χ3n) is 4.55. The minimum absolute atomic E-state index is 0.0508. The van der Waals surface area contributed by atoms with Crippen LogP contribution in [0.3, 0.4) is 0 Å². The van der Waals surface area contributed by atoms with Gasteiger partial charge in [-0.15, -0.1) is 10.2 Å². The van der Waals surface area contributed by atoms with Gasteiger partial charge >= 0.3 is 0 Å². The molecule has 0 unspecified atom stereocenters. The van der Waals surface area contributed by atoms with E-state index in [1.54, 1.807) is 6.20 Å². The van der Waals surface area contributed by atoms with E-state index in [-0.39, 0.29) is 12.3 Å². The lowest BCUT2D eigenvalue weighted by Crippen LogP contribution is -2.24. The molecule has 1 N–H and O–H groups in total. The summed E-state index contributed by atoms with van der Waals surface area (Å²) in [6, 6.07) is 17.8. The lowest BCUT2D eigenvalue weighted by molar-refractivity contribution is -0.120. The van der Waals surface area contributed by atoms with Crippen molar-refractivity contribution in [3.63, 3.8) is 0 Å². The highest BCUT2D eigenvalue weighted by Gasteiger charge is 2.13. The fraction of sp³-hybridized carbons (Fsp3) is 0.182. The first-order valence-electron chi connectivity index (χ1n) is 9.23. The van der Waals surface area contributed by atoms with Crippen molar-refractivity contribution in [2.75, 3.05) is 0 Å². The Labute approximate surface area is 162 Å². The lowest BCUT2D eigenvalue weighted by Gasteiger charge is -2.05. The van der Waals surface area contributed by atoms with E-state index in [0.717, 1.165) is 28.5 Å². The quantitative estimate of drug-likeness (QED) is 0.558. The zero-order valence-corrected chi connectivity index (χ0v) is 15.6. The molecular weight excluding hydrogens is 352 g/mol. The van der Waals surface area contributed by atoms with Crippen LogP contribution in [0.5, 0.6) is 0 Å². The molecule has 0 saturated heterocycles. The van der Waals surface area contributed by atoms with E-state index in [9.17, 15) is 4.79 Å². The third kappa shape index (κ3) is 4.06. The normalized spacial score (nSPS) is 10.9. The van der Waals surface area contributed by atoms with Gasteiger partial charge in [0.2, 0.25) is 17.7 Å². The first-order chi connectivity index (χ1) is 13.7. The van der Waals surface area contributed by atoms with Gasteiger partial charge in [0.25, 0.3) is 0 Å². The van der Waals surface area contributed by atoms with E-state index >= 15 is 0 Å². The maximum absolute atomic E-state index is 12.2. The molecule has 0 aliphatic heterocycles. The molecule has 0 saturated carbocycles. The summed E-state index contributed by atoms with van der Waals surface area (Å²) in [5.74, 6) is 0.529. The van der Waals surface area contributed by atoms with Gasteiger partial charge in [0, 0.05) is 23.7 Å². The Morgan fingerprint density at radius 2 is 1.86 bits per heavy atom. The highest BCUT2D eigenvalue weighted by molar-refractivity contribution is 5.82. The van der Waals surface area contributed by atoms with E-state index in [1.165, 1.54) is 5.56 Å². The predicted octanol–water partition coefficient (Wildman–Crippen LogP) is 3.71. The summed E-state index contributed by atoms with van der Waals surface area (Å²) >= 11 is 0. The molecule has 0 bridgehead atoms. The number of hydrogen-bond donors (Lipinski definition) is 1. The Balaban J connectivity index is 1.38. The molecule has 1 amide bonds. The number of carbonyl (C=O) groups is 1. The van der Waals surface area contributed by atoms with Gasteiger partial charge in [0.1, 0.15) is 6.42 Å². The van der Waals surface area contributed by atoms with Gasteiger partial charge < -0.3 is 9.73 Å². The molecule has 2 aromatic heterocycles. The SMILES string of the molecule is CCc1ccc(CNC(=O)Cc2nnc(-c3ccc4ncccc4c3)o2)cc1. The van der Waals surface area contributed by atoms with Crippen molar-refractivity contribution in [1.29, 1.82) is 0 Å². The van der Waals surface area contributed by atoms with Crippen LogP contribution in [0.2, 0.25) is 0 Å². The summed E-state index contributed by atoms with van der Waals surface area (Å²) in [6.45, 7) is 2.59. The molecule has 2 aromatic carbocycles. The fourth-order valence-electron chi connectivity index (χ4n) is 2.94. The maximum atomic E-state index is 12.2. The molecule has 28 heavy (non-hydrogen) atoms. The van der Waals surface area contributed by atoms with Crippen molar-refractivity contribution >= 4 is 16.8 Å². The highest BCUT2D eigenvalue weighted by atomic mass is 16.4. The number of pyridine rings is 1. The Hall–Kier alpha value is -3.54. The van der Waals surface area contributed by atoms with Crippen LogP contribution in [0.25, 0.3) is 22.4 Å². The van der Waals surface area contributed by atoms with Gasteiger partial charge in [0.05, 0.1) is 5.52 Å². The molecule has 2 heterocycles. The second-order valence-corrected chi connectivity index (χ2v) is 6.54. The van der Waals surface area contributed by atoms with Crippen LogP contribution in [0.15, 0.2) is 65.2 Å². The summed E-state index contributed by atoms with van der Waals surface area (Å²) < 4.78 is 5.67. The van der Waals surface area contributed by atoms with Crippen LogP contribution in [0.1, 0.15) is 23.9 Å². The van der Waals surface area contributed by atoms with Crippen molar-refractivity contribution in [2.45, 2.75) is 26.3 Å². The van der Waals surface area contributed by atoms with Crippen molar-refractivity contribution < 1.29 is 9.21 Å². The molecule has 6 nitrogen and oxygen atoms in total. The molecular formula is C22H20N4O2. The minimum atomic E-state index is -0.155. The van der Waals surface area contributed by atoms with Crippen LogP contribution in [-0.4, -0.2) is 21.1 Å². The summed E-state index contributed by atoms with van der Waals surface area (Å²) in [4.78, 5) is 16.5. The van der Waals surface area contributed by atoms with Crippen LogP contribution < -0.4 is 5.32 Å². The van der Waals surface area contributed by atoms with Gasteiger partial charge in [-0.3, -0.25) is 9.78 Å². The molecule has 0 radical (unpaired) electrons. The minimum Gasteiger partial charge on any atom is -0.420 e. The Bertz CT molecular complexity index is 1100. The fourth-order valence-corrected chi connectivity index (χ4v) is 2.94. The third-order valence-corrected chi connectivity index (χ3v) is 4.55. The molecule has 0 spiro atoms. The number of carbonyl (C=O) groups excluding carboxylic acids is 1. The number of rotatable bonds is 6. The standard InChI is InChI=1S/C22H20N4O2/c1-2-15-5-7-16(8-6-15)14-24-20(27)13-21-25-26-22(28-21)18-9-10-19-17(12-18)4-3-11-23-19/h3-12H,2,13-14H2,1H3,(H,24,27). The molecule has 0 aliphatic carbocycles. The smallest absolute Gasteiger partial charge is 0.247 e. The Morgan fingerprint density at radius 3 is 2.68 bits per heavy atom. The zero-order chi connectivity index (χ0) is 19.3. The van der Waals surface area contributed by atoms with Crippen molar-refractivity contribution in [3.05, 3.63) is 77.8 Å². The molecule has 6 heteroatoms. The van der Waals surface area contributed by atoms with Gasteiger partial charge in [0.15, 0.2) is 0 Å². The van der Waals surface area contributed by atoms with Crippen LogP contribution in [0.4, 0.5) is 0 Å². The van der Waals surface area contributed by atoms with E-state index in [0.29, 0.717) is 18.3 Å². The number of nitrogens with one attached hydrogen (secondary N) is 1. The number of aryl methyl sites for hydroxylation is 1. The number of amides is 1. The van der Waals surface area contributed by atoms with E-state index in [4.69, 9.17) is 4.42 Å². The number of benzene rings is 2. The molecule has 4 rings (SSSR count). The van der Waals surface area contributed by atoms with Crippen LogP contribution >= 0.6 is 0 Å². The molecule has 0 fully saturated rings. The maximum Gasteiger partial charge on any atom is 0.247 e. The van der Waals surface area contributed by atoms with Gasteiger partial charge in [-0.1, -0.05) is 37.3 Å². The molecule has 0 aliphatic rings. The Kier molecular flexibility index (Phi) is 5.10. The Morgan fingerprint density at radius 1 is 1.04 bits per heavy atom. The summed E-state index contributed by atoms with van der Waals surface area (Å²) in [5, 5.41) is 11.9. The van der Waals surface area contributed by atoms with E-state index < -0.39 is 0 Å². The second-order valence-electron chi connectivity index (χ2n) is 6.54. The lowest BCUT2D eigenvalue weighted by atomic mass is 10.1. The summed E-state index contributed by atoms with van der Waals surface area (Å²) in [7, 11) is 0. The monoisotopic (exact) mass is 372 g/mol. The molecule has 140 valence electrons. The summed E-state index contributed by atoms with van der Waals surface area (Å²) in [6.07, 6.45) is 2.80. The topological polar surface area (TPSA) is 80.9 Å². The number of hydrogen-bond acceptors (Lipinski definition) is 5. The van der Waals surface area contributed by atoms with Crippen LogP contribution in [-0.2, 0) is 24.2 Å². The highest BCUT2D eigenvalue weighted by Crippen LogP contribution is 2.22. The number of nitrogens with zero attached hydrogens (tertiary/aromatic N) is 3. The molecule has 0 atom stereocenters. The largest absolute Gasteiger partial charge is 0.420 e. The number of fused-ring (bicyclic) bond motifs is 1. The van der Waals surface area contributed by atoms with Crippen molar-refractivity contribution in [2.24, 2.45) is 0 Å². The van der Waals surface area contributed by atoms with E-state index in [2.05, 4.69) is 39.6 Å². The summed E-state index contributed by atoms with van der Waals surface area (Å²) in [5.41, 5.74) is 4.03. The van der Waals surface area contributed by atoms with Gasteiger partial charge in [-0.05, 0) is 41.8 Å². The van der Waals surface area contributed by atoms with E-state index in [1.807, 2.05) is 42.5 Å². The average molecular weight is 372 g/mol. The van der Waals surface area contributed by atoms with Gasteiger partial charge in [-0.2, -0.15) is 0 Å². The van der Waals surface area contributed by atoms with Crippen molar-refractivity contribution in [1.82, 2.24) is 20.5 Å². The van der Waals surface area contributed by atoms with Crippen molar-refractivity contribution in [3.8, 4) is 11.5 Å². The van der Waals surface area contributed by atoms with Gasteiger partial charge in [-0.25, -0.2) is 0 Å². The number of aromatic nitrogens is 3. The zero-order valence-electron chi connectivity index (χ0n) is 15.6. The first kappa shape index (κ1) is 17.9. The van der Waals surface area contributed by atoms with Crippen LogP contribution in [0, 0.1) is 0 Å².